The molecule has 0 aliphatic carbocycles. The number of hydrogen-bond donors (Lipinski definition) is 1. The second-order valence-electron chi connectivity index (χ2n) is 5.94. The zero-order chi connectivity index (χ0) is 21.1. The van der Waals surface area contributed by atoms with Crippen molar-refractivity contribution in [3.63, 3.8) is 0 Å². The van der Waals surface area contributed by atoms with E-state index in [1.807, 2.05) is 0 Å². The smallest absolute Gasteiger partial charge is 0.293 e. The standard InChI is InChI=1S/C19H13Cl3N2O4S/c20-12-3-4-15(28-9-17(23)25)11(5-12)6-16-18(26)24(19(27)29-16)8-10-1-2-13(21)7-14(10)22/h1-7H,8-9H2,(H2,23,25)/b16-6-. The molecule has 1 fully saturated rings. The molecule has 3 rings (SSSR count). The number of carbonyl (C=O) groups excluding carboxylic acids is 3. The minimum Gasteiger partial charge on any atom is -0.483 e. The van der Waals surface area contributed by atoms with Crippen LogP contribution in [0.3, 0.4) is 0 Å². The maximum atomic E-state index is 12.8. The molecular formula is C19H13Cl3N2O4S. The fourth-order valence-electron chi connectivity index (χ4n) is 2.51. The van der Waals surface area contributed by atoms with Crippen molar-refractivity contribution >= 4 is 69.7 Å². The average Bonchev–Trinajstić information content (AvgIpc) is 2.90. The van der Waals surface area contributed by atoms with Gasteiger partial charge in [-0.3, -0.25) is 19.3 Å². The molecule has 1 aliphatic heterocycles. The number of amides is 3. The zero-order valence-corrected chi connectivity index (χ0v) is 17.7. The molecule has 2 aromatic carbocycles. The van der Waals surface area contributed by atoms with Gasteiger partial charge in [0.1, 0.15) is 5.75 Å². The van der Waals surface area contributed by atoms with Gasteiger partial charge in [-0.05, 0) is 53.7 Å². The molecular weight excluding hydrogens is 459 g/mol. The van der Waals surface area contributed by atoms with Crippen LogP contribution < -0.4 is 10.5 Å². The van der Waals surface area contributed by atoms with Crippen LogP contribution in [0.1, 0.15) is 11.1 Å². The van der Waals surface area contributed by atoms with Crippen molar-refractivity contribution in [3.05, 3.63) is 67.5 Å². The molecule has 29 heavy (non-hydrogen) atoms. The van der Waals surface area contributed by atoms with E-state index >= 15 is 0 Å². The van der Waals surface area contributed by atoms with Crippen molar-refractivity contribution in [2.75, 3.05) is 6.61 Å². The number of benzene rings is 2. The van der Waals surface area contributed by atoms with Crippen molar-refractivity contribution in [1.29, 1.82) is 0 Å². The van der Waals surface area contributed by atoms with Gasteiger partial charge < -0.3 is 10.5 Å². The SMILES string of the molecule is NC(=O)COc1ccc(Cl)cc1/C=C1\SC(=O)N(Cc2ccc(Cl)cc2Cl)C1=O. The Kier molecular flexibility index (Phi) is 6.74. The van der Waals surface area contributed by atoms with E-state index in [2.05, 4.69) is 0 Å². The van der Waals surface area contributed by atoms with Gasteiger partial charge in [0.2, 0.25) is 0 Å². The lowest BCUT2D eigenvalue weighted by atomic mass is 10.1. The Hall–Kier alpha value is -2.19. The molecule has 0 spiro atoms. The summed E-state index contributed by atoms with van der Waals surface area (Å²) in [4.78, 5) is 37.4. The van der Waals surface area contributed by atoms with E-state index in [1.54, 1.807) is 36.4 Å². The zero-order valence-electron chi connectivity index (χ0n) is 14.7. The van der Waals surface area contributed by atoms with Gasteiger partial charge in [0.15, 0.2) is 6.61 Å². The van der Waals surface area contributed by atoms with Gasteiger partial charge in [-0.15, -0.1) is 0 Å². The Labute approximate surface area is 185 Å². The van der Waals surface area contributed by atoms with Crippen LogP contribution in [-0.2, 0) is 16.1 Å². The highest BCUT2D eigenvalue weighted by Gasteiger charge is 2.35. The van der Waals surface area contributed by atoms with E-state index in [0.717, 1.165) is 16.7 Å². The van der Waals surface area contributed by atoms with E-state index in [1.165, 1.54) is 6.08 Å². The molecule has 6 nitrogen and oxygen atoms in total. The van der Waals surface area contributed by atoms with Crippen molar-refractivity contribution in [1.82, 2.24) is 4.90 Å². The molecule has 3 amide bonds. The average molecular weight is 472 g/mol. The number of primary amides is 1. The van der Waals surface area contributed by atoms with Crippen LogP contribution in [0.5, 0.6) is 5.75 Å². The highest BCUT2D eigenvalue weighted by Crippen LogP contribution is 2.36. The lowest BCUT2D eigenvalue weighted by Gasteiger charge is -2.13. The van der Waals surface area contributed by atoms with Gasteiger partial charge in [-0.2, -0.15) is 0 Å². The summed E-state index contributed by atoms with van der Waals surface area (Å²) in [5, 5.41) is 0.776. The van der Waals surface area contributed by atoms with Crippen molar-refractivity contribution in [2.45, 2.75) is 6.54 Å². The van der Waals surface area contributed by atoms with Crippen LogP contribution in [0.2, 0.25) is 15.1 Å². The second kappa shape index (κ2) is 9.09. The van der Waals surface area contributed by atoms with Gasteiger partial charge in [0.25, 0.3) is 17.1 Å². The highest BCUT2D eigenvalue weighted by atomic mass is 35.5. The van der Waals surface area contributed by atoms with Crippen LogP contribution in [0, 0.1) is 0 Å². The van der Waals surface area contributed by atoms with Crippen LogP contribution >= 0.6 is 46.6 Å². The molecule has 0 atom stereocenters. The number of nitrogens with two attached hydrogens (primary N) is 1. The molecule has 1 aliphatic rings. The minimum absolute atomic E-state index is 0.0125. The molecule has 0 bridgehead atoms. The normalized spacial score (nSPS) is 15.3. The topological polar surface area (TPSA) is 89.7 Å². The van der Waals surface area contributed by atoms with E-state index < -0.39 is 17.1 Å². The summed E-state index contributed by atoms with van der Waals surface area (Å²) in [6.07, 6.45) is 1.48. The first-order valence-corrected chi connectivity index (χ1v) is 10.1. The highest BCUT2D eigenvalue weighted by molar-refractivity contribution is 8.18. The Bertz CT molecular complexity index is 1040. The summed E-state index contributed by atoms with van der Waals surface area (Å²) in [6.45, 7) is -0.322. The molecule has 2 aromatic rings. The third-order valence-corrected chi connectivity index (χ3v) is 5.57. The summed E-state index contributed by atoms with van der Waals surface area (Å²) < 4.78 is 5.35. The van der Waals surface area contributed by atoms with Gasteiger partial charge >= 0.3 is 0 Å². The van der Waals surface area contributed by atoms with E-state index in [9.17, 15) is 14.4 Å². The number of hydrogen-bond acceptors (Lipinski definition) is 5. The number of imide groups is 1. The first-order valence-electron chi connectivity index (χ1n) is 8.14. The van der Waals surface area contributed by atoms with Crippen LogP contribution in [0.15, 0.2) is 41.3 Å². The summed E-state index contributed by atoms with van der Waals surface area (Å²) in [5.41, 5.74) is 6.13. The summed E-state index contributed by atoms with van der Waals surface area (Å²) in [5.74, 6) is -0.821. The quantitative estimate of drug-likeness (QED) is 0.614. The molecule has 150 valence electrons. The summed E-state index contributed by atoms with van der Waals surface area (Å²) in [6, 6.07) is 9.51. The van der Waals surface area contributed by atoms with Gasteiger partial charge in [-0.1, -0.05) is 40.9 Å². The largest absolute Gasteiger partial charge is 0.483 e. The Balaban J connectivity index is 1.86. The van der Waals surface area contributed by atoms with Crippen molar-refractivity contribution in [3.8, 4) is 5.75 Å². The molecule has 0 unspecified atom stereocenters. The van der Waals surface area contributed by atoms with Crippen LogP contribution in [0.25, 0.3) is 6.08 Å². The van der Waals surface area contributed by atoms with Gasteiger partial charge in [0.05, 0.1) is 11.4 Å². The Morgan fingerprint density at radius 1 is 1.10 bits per heavy atom. The van der Waals surface area contributed by atoms with Gasteiger partial charge in [-0.25, -0.2) is 0 Å². The Morgan fingerprint density at radius 2 is 1.79 bits per heavy atom. The molecule has 0 radical (unpaired) electrons. The number of halogens is 3. The number of carbonyl (C=O) groups is 3. The number of rotatable bonds is 6. The number of ether oxygens (including phenoxy) is 1. The van der Waals surface area contributed by atoms with E-state index in [-0.39, 0.29) is 18.1 Å². The first kappa shape index (κ1) is 21.5. The van der Waals surface area contributed by atoms with E-state index in [0.29, 0.717) is 31.9 Å². The third-order valence-electron chi connectivity index (χ3n) is 3.85. The molecule has 10 heteroatoms. The lowest BCUT2D eigenvalue weighted by Crippen LogP contribution is -2.27. The summed E-state index contributed by atoms with van der Waals surface area (Å²) >= 11 is 18.8. The minimum atomic E-state index is -0.647. The second-order valence-corrected chi connectivity index (χ2v) is 8.21. The van der Waals surface area contributed by atoms with Gasteiger partial charge in [0, 0.05) is 20.6 Å². The fraction of sp³-hybridized carbons (Fsp3) is 0.105. The van der Waals surface area contributed by atoms with Crippen molar-refractivity contribution < 1.29 is 19.1 Å². The lowest BCUT2D eigenvalue weighted by molar-refractivity contribution is -0.123. The molecule has 2 N–H and O–H groups in total. The molecule has 0 saturated carbocycles. The number of thioether (sulfide) groups is 1. The van der Waals surface area contributed by atoms with Crippen LogP contribution in [-0.4, -0.2) is 28.6 Å². The maximum Gasteiger partial charge on any atom is 0.293 e. The molecule has 0 aromatic heterocycles. The summed E-state index contributed by atoms with van der Waals surface area (Å²) in [7, 11) is 0. The van der Waals surface area contributed by atoms with E-state index in [4.69, 9.17) is 45.3 Å². The predicted octanol–water partition coefficient (Wildman–Crippen LogP) is 4.75. The fourth-order valence-corrected chi connectivity index (χ4v) is 3.99. The first-order chi connectivity index (χ1) is 13.7. The Morgan fingerprint density at radius 3 is 2.48 bits per heavy atom. The molecule has 1 saturated heterocycles. The third kappa shape index (κ3) is 5.25. The predicted molar refractivity (Wildman–Crippen MR) is 114 cm³/mol. The maximum absolute atomic E-state index is 12.8. The molecule has 1 heterocycles. The van der Waals surface area contributed by atoms with Crippen molar-refractivity contribution in [2.24, 2.45) is 5.73 Å². The monoisotopic (exact) mass is 470 g/mol. The number of nitrogens with zero attached hydrogens (tertiary/aromatic N) is 1. The van der Waals surface area contributed by atoms with Crippen LogP contribution in [0.4, 0.5) is 4.79 Å².